The van der Waals surface area contributed by atoms with Crippen LogP contribution in [0.3, 0.4) is 0 Å². The maximum atomic E-state index is 12.6. The second-order valence-corrected chi connectivity index (χ2v) is 3.17. The third kappa shape index (κ3) is 4.42. The van der Waals surface area contributed by atoms with Crippen molar-refractivity contribution in [2.75, 3.05) is 13.1 Å². The minimum Gasteiger partial charge on any atom is -0.268 e. The number of rotatable bonds is 4. The van der Waals surface area contributed by atoms with E-state index in [1.807, 2.05) is 6.92 Å². The Bertz CT molecular complexity index is 311. The fraction of sp³-hybridized carbons (Fsp3) is 0.273. The van der Waals surface area contributed by atoms with Gasteiger partial charge >= 0.3 is 0 Å². The SMILES string of the molecule is C=C(CN(N)CC)c1ccc(F)cc1.Cl. The Balaban J connectivity index is 0.00000196. The van der Waals surface area contributed by atoms with E-state index >= 15 is 0 Å². The Kier molecular flexibility index (Phi) is 6.17. The van der Waals surface area contributed by atoms with Crippen LogP contribution in [0.25, 0.3) is 5.57 Å². The highest BCUT2D eigenvalue weighted by molar-refractivity contribution is 5.85. The molecule has 4 heteroatoms. The number of nitrogens with zero attached hydrogens (tertiary/aromatic N) is 1. The number of hydrogen-bond donors (Lipinski definition) is 1. The summed E-state index contributed by atoms with van der Waals surface area (Å²) in [5, 5.41) is 1.66. The molecule has 15 heavy (non-hydrogen) atoms. The number of hydrazine groups is 1. The highest BCUT2D eigenvalue weighted by Crippen LogP contribution is 2.13. The summed E-state index contributed by atoms with van der Waals surface area (Å²) in [6.07, 6.45) is 0. The largest absolute Gasteiger partial charge is 0.268 e. The second kappa shape index (κ2) is 6.56. The molecule has 0 heterocycles. The Morgan fingerprint density at radius 3 is 2.40 bits per heavy atom. The number of nitrogens with two attached hydrogens (primary N) is 1. The van der Waals surface area contributed by atoms with Gasteiger partial charge in [0.25, 0.3) is 0 Å². The smallest absolute Gasteiger partial charge is 0.123 e. The lowest BCUT2D eigenvalue weighted by atomic mass is 10.1. The molecule has 1 aromatic carbocycles. The van der Waals surface area contributed by atoms with Gasteiger partial charge in [0.2, 0.25) is 0 Å². The molecular formula is C11H16ClFN2. The fourth-order valence-electron chi connectivity index (χ4n) is 1.13. The van der Waals surface area contributed by atoms with Gasteiger partial charge in [-0.05, 0) is 23.3 Å². The average molecular weight is 231 g/mol. The summed E-state index contributed by atoms with van der Waals surface area (Å²) in [5.74, 6) is 5.40. The summed E-state index contributed by atoms with van der Waals surface area (Å²) in [6, 6.07) is 6.27. The minimum atomic E-state index is -0.235. The zero-order chi connectivity index (χ0) is 10.6. The van der Waals surface area contributed by atoms with Crippen molar-refractivity contribution in [2.24, 2.45) is 5.84 Å². The van der Waals surface area contributed by atoms with Crippen molar-refractivity contribution in [3.05, 3.63) is 42.2 Å². The van der Waals surface area contributed by atoms with Gasteiger partial charge < -0.3 is 0 Å². The van der Waals surface area contributed by atoms with Crippen LogP contribution in [0.15, 0.2) is 30.8 Å². The second-order valence-electron chi connectivity index (χ2n) is 3.17. The van der Waals surface area contributed by atoms with E-state index < -0.39 is 0 Å². The number of likely N-dealkylation sites (N-methyl/N-ethyl adjacent to an activating group) is 1. The van der Waals surface area contributed by atoms with Crippen LogP contribution < -0.4 is 5.84 Å². The molecule has 1 aromatic rings. The van der Waals surface area contributed by atoms with Crippen molar-refractivity contribution in [1.29, 1.82) is 0 Å². The number of halogens is 2. The molecule has 2 nitrogen and oxygen atoms in total. The molecule has 1 rings (SSSR count). The van der Waals surface area contributed by atoms with Crippen LogP contribution >= 0.6 is 12.4 Å². The van der Waals surface area contributed by atoms with Crippen LogP contribution in [0, 0.1) is 5.82 Å². The zero-order valence-electron chi connectivity index (χ0n) is 8.74. The van der Waals surface area contributed by atoms with E-state index in [1.165, 1.54) is 12.1 Å². The van der Waals surface area contributed by atoms with Gasteiger partial charge in [-0.3, -0.25) is 5.84 Å². The van der Waals surface area contributed by atoms with Gasteiger partial charge in [0.05, 0.1) is 0 Å². The van der Waals surface area contributed by atoms with Crippen molar-refractivity contribution in [3.8, 4) is 0 Å². The highest BCUT2D eigenvalue weighted by Gasteiger charge is 2.02. The van der Waals surface area contributed by atoms with E-state index in [0.29, 0.717) is 6.54 Å². The van der Waals surface area contributed by atoms with Crippen molar-refractivity contribution < 1.29 is 4.39 Å². The molecule has 0 saturated carbocycles. The molecule has 0 atom stereocenters. The number of hydrogen-bond acceptors (Lipinski definition) is 2. The van der Waals surface area contributed by atoms with E-state index in [2.05, 4.69) is 6.58 Å². The van der Waals surface area contributed by atoms with Crippen molar-refractivity contribution in [3.63, 3.8) is 0 Å². The summed E-state index contributed by atoms with van der Waals surface area (Å²) >= 11 is 0. The predicted molar refractivity (Wildman–Crippen MR) is 64.1 cm³/mol. The Morgan fingerprint density at radius 2 is 1.93 bits per heavy atom. The van der Waals surface area contributed by atoms with Gasteiger partial charge in [-0.25, -0.2) is 9.40 Å². The monoisotopic (exact) mass is 230 g/mol. The molecular weight excluding hydrogens is 215 g/mol. The third-order valence-corrected chi connectivity index (χ3v) is 2.05. The molecule has 0 bridgehead atoms. The van der Waals surface area contributed by atoms with Crippen LogP contribution in [-0.2, 0) is 0 Å². The Morgan fingerprint density at radius 1 is 1.40 bits per heavy atom. The summed E-state index contributed by atoms with van der Waals surface area (Å²) < 4.78 is 12.6. The Hall–Kier alpha value is -0.900. The van der Waals surface area contributed by atoms with Crippen LogP contribution in [0.4, 0.5) is 4.39 Å². The highest BCUT2D eigenvalue weighted by atomic mass is 35.5. The van der Waals surface area contributed by atoms with Crippen molar-refractivity contribution in [1.82, 2.24) is 5.01 Å². The van der Waals surface area contributed by atoms with E-state index in [0.717, 1.165) is 17.7 Å². The van der Waals surface area contributed by atoms with Crippen molar-refractivity contribution in [2.45, 2.75) is 6.92 Å². The number of benzene rings is 1. The lowest BCUT2D eigenvalue weighted by molar-refractivity contribution is 0.338. The topological polar surface area (TPSA) is 29.3 Å². The fourth-order valence-corrected chi connectivity index (χ4v) is 1.13. The van der Waals surface area contributed by atoms with Gasteiger partial charge in [0.15, 0.2) is 0 Å². The molecule has 0 saturated heterocycles. The lowest BCUT2D eigenvalue weighted by Gasteiger charge is -2.15. The van der Waals surface area contributed by atoms with Crippen LogP contribution in [0.1, 0.15) is 12.5 Å². The quantitative estimate of drug-likeness (QED) is 0.636. The van der Waals surface area contributed by atoms with E-state index in [-0.39, 0.29) is 18.2 Å². The van der Waals surface area contributed by atoms with Crippen LogP contribution in [0.5, 0.6) is 0 Å². The van der Waals surface area contributed by atoms with Gasteiger partial charge in [-0.2, -0.15) is 0 Å². The molecule has 0 aliphatic carbocycles. The van der Waals surface area contributed by atoms with Crippen LogP contribution in [-0.4, -0.2) is 18.1 Å². The molecule has 0 aliphatic rings. The predicted octanol–water partition coefficient (Wildman–Crippen LogP) is 2.46. The standard InChI is InChI=1S/C11H15FN2.ClH/c1-3-14(13)8-9(2)10-4-6-11(12)7-5-10;/h4-7H,2-3,8,13H2,1H3;1H. The van der Waals surface area contributed by atoms with Gasteiger partial charge in [0, 0.05) is 13.1 Å². The summed E-state index contributed by atoms with van der Waals surface area (Å²) in [6.45, 7) is 7.23. The molecule has 0 aliphatic heterocycles. The van der Waals surface area contributed by atoms with Gasteiger partial charge in [-0.15, -0.1) is 12.4 Å². The summed E-state index contributed by atoms with van der Waals surface area (Å²) in [4.78, 5) is 0. The first-order chi connectivity index (χ1) is 6.63. The van der Waals surface area contributed by atoms with Gasteiger partial charge in [0.1, 0.15) is 5.82 Å². The first kappa shape index (κ1) is 14.1. The molecule has 0 aromatic heterocycles. The molecule has 84 valence electrons. The maximum Gasteiger partial charge on any atom is 0.123 e. The zero-order valence-corrected chi connectivity index (χ0v) is 9.56. The molecule has 0 fully saturated rings. The van der Waals surface area contributed by atoms with Gasteiger partial charge in [-0.1, -0.05) is 25.6 Å². The first-order valence-corrected chi connectivity index (χ1v) is 4.57. The average Bonchev–Trinajstić information content (AvgIpc) is 2.18. The summed E-state index contributed by atoms with van der Waals surface area (Å²) in [5.41, 5.74) is 1.82. The van der Waals surface area contributed by atoms with E-state index in [9.17, 15) is 4.39 Å². The molecule has 0 spiro atoms. The maximum absolute atomic E-state index is 12.6. The van der Waals surface area contributed by atoms with Crippen molar-refractivity contribution >= 4 is 18.0 Å². The minimum absolute atomic E-state index is 0. The molecule has 0 amide bonds. The van der Waals surface area contributed by atoms with E-state index in [4.69, 9.17) is 5.84 Å². The van der Waals surface area contributed by atoms with Crippen LogP contribution in [0.2, 0.25) is 0 Å². The third-order valence-electron chi connectivity index (χ3n) is 2.05. The summed E-state index contributed by atoms with van der Waals surface area (Å²) in [7, 11) is 0. The first-order valence-electron chi connectivity index (χ1n) is 4.57. The molecule has 0 radical (unpaired) electrons. The normalized spacial score (nSPS) is 9.87. The molecule has 0 unspecified atom stereocenters. The Labute approximate surface area is 96.0 Å². The van der Waals surface area contributed by atoms with E-state index in [1.54, 1.807) is 17.1 Å². The lowest BCUT2D eigenvalue weighted by Crippen LogP contribution is -2.31. The molecule has 2 N–H and O–H groups in total.